The number of carboxylic acids is 1. The van der Waals surface area contributed by atoms with Crippen molar-refractivity contribution in [2.45, 2.75) is 52.9 Å². The summed E-state index contributed by atoms with van der Waals surface area (Å²) in [4.78, 5) is 24.8. The van der Waals surface area contributed by atoms with Crippen LogP contribution in [0.2, 0.25) is 0 Å². The van der Waals surface area contributed by atoms with Crippen molar-refractivity contribution in [1.82, 2.24) is 0 Å². The molecule has 0 unspecified atom stereocenters. The molecule has 1 heterocycles. The minimum atomic E-state index is -0.976. The van der Waals surface area contributed by atoms with E-state index in [1.165, 1.54) is 17.8 Å². The molecule has 1 aromatic heterocycles. The van der Waals surface area contributed by atoms with Crippen LogP contribution in [-0.2, 0) is 4.79 Å². The van der Waals surface area contributed by atoms with Gasteiger partial charge in [0.25, 0.3) is 0 Å². The van der Waals surface area contributed by atoms with Gasteiger partial charge >= 0.3 is 5.97 Å². The fraction of sp³-hybridized carbons (Fsp3) is 0.600. The minimum absolute atomic E-state index is 0.0408. The van der Waals surface area contributed by atoms with E-state index in [1.807, 2.05) is 13.8 Å². The summed E-state index contributed by atoms with van der Waals surface area (Å²) in [6.45, 7) is 5.65. The highest BCUT2D eigenvalue weighted by Crippen LogP contribution is 2.39. The lowest BCUT2D eigenvalue weighted by Crippen LogP contribution is -2.35. The SMILES string of the molecule is Cc1sc(NC(=O)C2(C)CCCCC2)c(C(=O)O)c1C. The minimum Gasteiger partial charge on any atom is -0.478 e. The fourth-order valence-corrected chi connectivity index (χ4v) is 3.83. The maximum atomic E-state index is 12.5. The Morgan fingerprint density at radius 1 is 1.20 bits per heavy atom. The van der Waals surface area contributed by atoms with Gasteiger partial charge in [0.15, 0.2) is 0 Å². The Kier molecular flexibility index (Phi) is 4.18. The van der Waals surface area contributed by atoms with Gasteiger partial charge in [-0.3, -0.25) is 4.79 Å². The number of thiophene rings is 1. The molecule has 0 bridgehead atoms. The first-order valence-corrected chi connectivity index (χ1v) is 7.81. The van der Waals surface area contributed by atoms with Gasteiger partial charge in [-0.2, -0.15) is 0 Å². The predicted octanol–water partition coefficient (Wildman–Crippen LogP) is 3.97. The molecule has 0 atom stereocenters. The van der Waals surface area contributed by atoms with Crippen LogP contribution < -0.4 is 5.32 Å². The number of hydrogen-bond acceptors (Lipinski definition) is 3. The van der Waals surface area contributed by atoms with E-state index >= 15 is 0 Å². The third kappa shape index (κ3) is 2.73. The number of anilines is 1. The predicted molar refractivity (Wildman–Crippen MR) is 80.6 cm³/mol. The lowest BCUT2D eigenvalue weighted by molar-refractivity contribution is -0.126. The van der Waals surface area contributed by atoms with Crippen LogP contribution in [0.1, 0.15) is 59.8 Å². The van der Waals surface area contributed by atoms with E-state index in [-0.39, 0.29) is 16.9 Å². The van der Waals surface area contributed by atoms with Crippen molar-refractivity contribution in [2.24, 2.45) is 5.41 Å². The third-order valence-electron chi connectivity index (χ3n) is 4.33. The molecule has 20 heavy (non-hydrogen) atoms. The molecule has 0 radical (unpaired) electrons. The molecule has 0 spiro atoms. The number of aryl methyl sites for hydroxylation is 1. The molecule has 0 saturated heterocycles. The molecule has 4 nitrogen and oxygen atoms in total. The fourth-order valence-electron chi connectivity index (χ4n) is 2.79. The number of carbonyl (C=O) groups is 2. The topological polar surface area (TPSA) is 66.4 Å². The lowest BCUT2D eigenvalue weighted by Gasteiger charge is -2.31. The quantitative estimate of drug-likeness (QED) is 0.886. The van der Waals surface area contributed by atoms with Crippen LogP contribution in [0.25, 0.3) is 0 Å². The van der Waals surface area contributed by atoms with Gasteiger partial charge < -0.3 is 10.4 Å². The number of aromatic carboxylic acids is 1. The third-order valence-corrected chi connectivity index (χ3v) is 5.45. The van der Waals surface area contributed by atoms with Crippen molar-refractivity contribution in [1.29, 1.82) is 0 Å². The van der Waals surface area contributed by atoms with Crippen LogP contribution in [0, 0.1) is 19.3 Å². The van der Waals surface area contributed by atoms with Crippen LogP contribution in [0.4, 0.5) is 5.00 Å². The van der Waals surface area contributed by atoms with Crippen molar-refractivity contribution in [3.8, 4) is 0 Å². The Labute approximate surface area is 123 Å². The van der Waals surface area contributed by atoms with Gasteiger partial charge in [0, 0.05) is 10.3 Å². The second-order valence-electron chi connectivity index (χ2n) is 5.87. The second kappa shape index (κ2) is 5.56. The molecule has 1 saturated carbocycles. The number of nitrogens with one attached hydrogen (secondary N) is 1. The maximum absolute atomic E-state index is 12.5. The van der Waals surface area contributed by atoms with Gasteiger partial charge in [-0.05, 0) is 32.3 Å². The molecule has 2 N–H and O–H groups in total. The molecule has 1 aliphatic carbocycles. The van der Waals surface area contributed by atoms with Crippen molar-refractivity contribution in [2.75, 3.05) is 5.32 Å². The van der Waals surface area contributed by atoms with Gasteiger partial charge in [-0.1, -0.05) is 26.2 Å². The van der Waals surface area contributed by atoms with E-state index in [0.29, 0.717) is 5.00 Å². The summed E-state index contributed by atoms with van der Waals surface area (Å²) < 4.78 is 0. The summed E-state index contributed by atoms with van der Waals surface area (Å²) in [6, 6.07) is 0. The molecular weight excluding hydrogens is 274 g/mol. The zero-order chi connectivity index (χ0) is 14.9. The summed E-state index contributed by atoms with van der Waals surface area (Å²) in [5.74, 6) is -1.02. The Morgan fingerprint density at radius 3 is 2.35 bits per heavy atom. The monoisotopic (exact) mass is 295 g/mol. The van der Waals surface area contributed by atoms with E-state index in [9.17, 15) is 14.7 Å². The van der Waals surface area contributed by atoms with Gasteiger partial charge in [0.05, 0.1) is 5.56 Å². The van der Waals surface area contributed by atoms with Gasteiger partial charge in [-0.15, -0.1) is 11.3 Å². The molecule has 1 aliphatic rings. The first-order chi connectivity index (χ1) is 9.35. The Hall–Kier alpha value is -1.36. The van der Waals surface area contributed by atoms with Gasteiger partial charge in [0.2, 0.25) is 5.91 Å². The highest BCUT2D eigenvalue weighted by atomic mass is 32.1. The lowest BCUT2D eigenvalue weighted by atomic mass is 9.75. The first kappa shape index (κ1) is 15.0. The number of carboxylic acid groups (broad SMARTS) is 1. The Bertz CT molecular complexity index is 542. The van der Waals surface area contributed by atoms with Gasteiger partial charge in [0.1, 0.15) is 5.00 Å². The number of carbonyl (C=O) groups excluding carboxylic acids is 1. The Balaban J connectivity index is 2.24. The van der Waals surface area contributed by atoms with Crippen molar-refractivity contribution >= 4 is 28.2 Å². The van der Waals surface area contributed by atoms with Crippen LogP contribution in [0.15, 0.2) is 0 Å². The van der Waals surface area contributed by atoms with Crippen LogP contribution in [-0.4, -0.2) is 17.0 Å². The zero-order valence-electron chi connectivity index (χ0n) is 12.2. The van der Waals surface area contributed by atoms with Crippen LogP contribution in [0.5, 0.6) is 0 Å². The molecule has 0 aromatic carbocycles. The van der Waals surface area contributed by atoms with Gasteiger partial charge in [-0.25, -0.2) is 4.79 Å². The Morgan fingerprint density at radius 2 is 1.80 bits per heavy atom. The standard InChI is InChI=1S/C15H21NO3S/c1-9-10(2)20-12(11(9)13(17)18)16-14(19)15(3)7-5-4-6-8-15/h4-8H2,1-3H3,(H,16,19)(H,17,18). The molecule has 110 valence electrons. The highest BCUT2D eigenvalue weighted by molar-refractivity contribution is 7.16. The zero-order valence-corrected chi connectivity index (χ0v) is 13.0. The summed E-state index contributed by atoms with van der Waals surface area (Å²) in [5, 5.41) is 12.6. The number of rotatable bonds is 3. The number of amides is 1. The largest absolute Gasteiger partial charge is 0.478 e. The molecular formula is C15H21NO3S. The summed E-state index contributed by atoms with van der Waals surface area (Å²) >= 11 is 1.35. The molecule has 1 aromatic rings. The average Bonchev–Trinajstić information content (AvgIpc) is 2.65. The van der Waals surface area contributed by atoms with Crippen LogP contribution in [0.3, 0.4) is 0 Å². The molecule has 2 rings (SSSR count). The van der Waals surface area contributed by atoms with E-state index in [4.69, 9.17) is 0 Å². The van der Waals surface area contributed by atoms with E-state index < -0.39 is 5.97 Å². The smallest absolute Gasteiger partial charge is 0.338 e. The van der Waals surface area contributed by atoms with E-state index in [1.54, 1.807) is 6.92 Å². The van der Waals surface area contributed by atoms with E-state index in [2.05, 4.69) is 5.32 Å². The summed E-state index contributed by atoms with van der Waals surface area (Å²) in [7, 11) is 0. The van der Waals surface area contributed by atoms with E-state index in [0.717, 1.165) is 36.1 Å². The first-order valence-electron chi connectivity index (χ1n) is 7.00. The average molecular weight is 295 g/mol. The molecule has 1 fully saturated rings. The molecule has 5 heteroatoms. The van der Waals surface area contributed by atoms with Crippen molar-refractivity contribution in [3.05, 3.63) is 16.0 Å². The van der Waals surface area contributed by atoms with Crippen LogP contribution >= 0.6 is 11.3 Å². The normalized spacial score (nSPS) is 17.8. The van der Waals surface area contributed by atoms with Crippen molar-refractivity contribution < 1.29 is 14.7 Å². The summed E-state index contributed by atoms with van der Waals surface area (Å²) in [5.41, 5.74) is 0.617. The summed E-state index contributed by atoms with van der Waals surface area (Å²) in [6.07, 6.45) is 5.08. The van der Waals surface area contributed by atoms with Crippen molar-refractivity contribution in [3.63, 3.8) is 0 Å². The maximum Gasteiger partial charge on any atom is 0.338 e. The molecule has 1 amide bonds. The second-order valence-corrected chi connectivity index (χ2v) is 7.09. The highest BCUT2D eigenvalue weighted by Gasteiger charge is 2.35. The number of hydrogen-bond donors (Lipinski definition) is 2. The molecule has 0 aliphatic heterocycles.